The van der Waals surface area contributed by atoms with Gasteiger partial charge in [0, 0.05) is 41.3 Å². The molecule has 0 saturated heterocycles. The molecule has 144 valence electrons. The third-order valence-corrected chi connectivity index (χ3v) is 5.54. The summed E-state index contributed by atoms with van der Waals surface area (Å²) in [4.78, 5) is 16.6. The van der Waals surface area contributed by atoms with Crippen molar-refractivity contribution in [1.29, 1.82) is 0 Å². The number of nitrogens with zero attached hydrogens (tertiary/aromatic N) is 1. The van der Waals surface area contributed by atoms with Crippen LogP contribution in [-0.2, 0) is 16.4 Å². The van der Waals surface area contributed by atoms with Crippen LogP contribution in [0.5, 0.6) is 0 Å². The van der Waals surface area contributed by atoms with E-state index in [1.165, 1.54) is 30.6 Å². The Balaban J connectivity index is 1.76. The van der Waals surface area contributed by atoms with E-state index >= 15 is 0 Å². The van der Waals surface area contributed by atoms with Gasteiger partial charge in [0.05, 0.1) is 10.5 Å². The smallest absolute Gasteiger partial charge is 0.253 e. The van der Waals surface area contributed by atoms with Crippen molar-refractivity contribution in [3.8, 4) is 11.1 Å². The summed E-state index contributed by atoms with van der Waals surface area (Å²) in [6.07, 6.45) is 3.96. The molecule has 1 amide bonds. The summed E-state index contributed by atoms with van der Waals surface area (Å²) in [6.45, 7) is 0.103. The van der Waals surface area contributed by atoms with Crippen molar-refractivity contribution in [3.05, 3.63) is 82.9 Å². The van der Waals surface area contributed by atoms with Crippen LogP contribution >= 0.6 is 11.6 Å². The number of aromatic nitrogens is 1. The average molecular weight is 419 g/mol. The van der Waals surface area contributed by atoms with Crippen LogP contribution in [0.3, 0.4) is 0 Å². The van der Waals surface area contributed by atoms with Gasteiger partial charge in [-0.05, 0) is 29.8 Å². The highest BCUT2D eigenvalue weighted by Gasteiger charge is 2.13. The summed E-state index contributed by atoms with van der Waals surface area (Å²) < 4.78 is 37.1. The van der Waals surface area contributed by atoms with Crippen molar-refractivity contribution in [2.75, 3.05) is 6.26 Å². The third kappa shape index (κ3) is 4.55. The number of rotatable bonds is 5. The number of sulfone groups is 1. The van der Waals surface area contributed by atoms with E-state index in [2.05, 4.69) is 10.3 Å². The summed E-state index contributed by atoms with van der Waals surface area (Å²) in [5, 5.41) is 2.94. The fourth-order valence-corrected chi connectivity index (χ4v) is 3.55. The van der Waals surface area contributed by atoms with E-state index in [4.69, 9.17) is 11.6 Å². The van der Waals surface area contributed by atoms with E-state index in [1.54, 1.807) is 30.3 Å². The molecule has 8 heteroatoms. The molecule has 2 aromatic carbocycles. The maximum absolute atomic E-state index is 14.0. The quantitative estimate of drug-likeness (QED) is 0.682. The van der Waals surface area contributed by atoms with Gasteiger partial charge >= 0.3 is 0 Å². The summed E-state index contributed by atoms with van der Waals surface area (Å²) in [5.74, 6) is -0.812. The van der Waals surface area contributed by atoms with Gasteiger partial charge in [0.15, 0.2) is 9.84 Å². The Kier molecular flexibility index (Phi) is 5.76. The molecule has 1 N–H and O–H groups in total. The third-order valence-electron chi connectivity index (χ3n) is 4.08. The summed E-state index contributed by atoms with van der Waals surface area (Å²) in [7, 11) is -3.36. The lowest BCUT2D eigenvalue weighted by atomic mass is 10.1. The number of pyridine rings is 1. The zero-order valence-electron chi connectivity index (χ0n) is 14.8. The first-order valence-electron chi connectivity index (χ1n) is 8.22. The molecule has 28 heavy (non-hydrogen) atoms. The highest BCUT2D eigenvalue weighted by Crippen LogP contribution is 2.23. The highest BCUT2D eigenvalue weighted by atomic mass is 35.5. The van der Waals surface area contributed by atoms with Crippen molar-refractivity contribution in [2.45, 2.75) is 11.4 Å². The monoisotopic (exact) mass is 418 g/mol. The summed E-state index contributed by atoms with van der Waals surface area (Å²) in [5.41, 5.74) is 1.68. The zero-order valence-corrected chi connectivity index (χ0v) is 16.4. The normalized spacial score (nSPS) is 11.2. The zero-order chi connectivity index (χ0) is 20.3. The Hall–Kier alpha value is -2.77. The fourth-order valence-electron chi connectivity index (χ4n) is 2.59. The minimum absolute atomic E-state index is 0.103. The van der Waals surface area contributed by atoms with E-state index in [-0.39, 0.29) is 22.0 Å². The molecule has 1 aromatic heterocycles. The molecule has 3 rings (SSSR count). The molecule has 1 heterocycles. The topological polar surface area (TPSA) is 76.1 Å². The van der Waals surface area contributed by atoms with Gasteiger partial charge in [-0.15, -0.1) is 0 Å². The van der Waals surface area contributed by atoms with Crippen LogP contribution in [-0.4, -0.2) is 25.6 Å². The predicted octanol–water partition coefficient (Wildman–Crippen LogP) is 3.87. The molecular weight excluding hydrogens is 403 g/mol. The number of amides is 1. The molecule has 0 bridgehead atoms. The van der Waals surface area contributed by atoms with E-state index in [1.807, 2.05) is 0 Å². The maximum atomic E-state index is 14.0. The maximum Gasteiger partial charge on any atom is 0.253 e. The Morgan fingerprint density at radius 3 is 2.57 bits per heavy atom. The Morgan fingerprint density at radius 1 is 1.14 bits per heavy atom. The number of hydrogen-bond donors (Lipinski definition) is 1. The lowest BCUT2D eigenvalue weighted by Crippen LogP contribution is -2.23. The van der Waals surface area contributed by atoms with Crippen LogP contribution < -0.4 is 5.32 Å². The summed E-state index contributed by atoms with van der Waals surface area (Å²) >= 11 is 6.12. The molecule has 0 aliphatic heterocycles. The van der Waals surface area contributed by atoms with Crippen LogP contribution in [0, 0.1) is 5.82 Å². The number of hydrogen-bond acceptors (Lipinski definition) is 4. The van der Waals surface area contributed by atoms with Crippen molar-refractivity contribution in [2.24, 2.45) is 0 Å². The number of halogens is 2. The van der Waals surface area contributed by atoms with Crippen molar-refractivity contribution in [1.82, 2.24) is 10.3 Å². The summed E-state index contributed by atoms with van der Waals surface area (Å²) in [6, 6.07) is 12.1. The van der Waals surface area contributed by atoms with Gasteiger partial charge in [-0.3, -0.25) is 9.78 Å². The predicted molar refractivity (Wildman–Crippen MR) is 105 cm³/mol. The van der Waals surface area contributed by atoms with Gasteiger partial charge in [0.1, 0.15) is 5.82 Å². The SMILES string of the molecule is CS(=O)(=O)c1ccc(CNC(=O)c2cncc(-c3ccccc3F)c2)c(Cl)c1. The molecule has 0 fully saturated rings. The van der Waals surface area contributed by atoms with Crippen LogP contribution in [0.2, 0.25) is 5.02 Å². The van der Waals surface area contributed by atoms with Gasteiger partial charge in [0.2, 0.25) is 0 Å². The van der Waals surface area contributed by atoms with Crippen molar-refractivity contribution < 1.29 is 17.6 Å². The highest BCUT2D eigenvalue weighted by molar-refractivity contribution is 7.90. The number of carbonyl (C=O) groups excluding carboxylic acids is 1. The molecule has 5 nitrogen and oxygen atoms in total. The largest absolute Gasteiger partial charge is 0.348 e. The molecule has 0 aliphatic carbocycles. The van der Waals surface area contributed by atoms with E-state index in [0.717, 1.165) is 6.26 Å². The minimum Gasteiger partial charge on any atom is -0.348 e. The Labute approximate surface area is 167 Å². The van der Waals surface area contributed by atoms with Gasteiger partial charge in [-0.1, -0.05) is 35.9 Å². The standard InChI is InChI=1S/C20H16ClFN2O3S/c1-28(26,27)16-7-6-13(18(21)9-16)12-24-20(25)15-8-14(10-23-11-15)17-4-2-3-5-19(17)22/h2-11H,12H2,1H3,(H,24,25). The molecular formula is C20H16ClFN2O3S. The Bertz CT molecular complexity index is 1150. The number of nitrogens with one attached hydrogen (secondary N) is 1. The lowest BCUT2D eigenvalue weighted by molar-refractivity contribution is 0.0950. The van der Waals surface area contributed by atoms with E-state index in [9.17, 15) is 17.6 Å². The first-order chi connectivity index (χ1) is 13.3. The van der Waals surface area contributed by atoms with Crippen molar-refractivity contribution in [3.63, 3.8) is 0 Å². The van der Waals surface area contributed by atoms with Gasteiger partial charge in [-0.25, -0.2) is 12.8 Å². The van der Waals surface area contributed by atoms with Crippen LogP contribution in [0.4, 0.5) is 4.39 Å². The van der Waals surface area contributed by atoms with Crippen molar-refractivity contribution >= 4 is 27.3 Å². The number of carbonyl (C=O) groups is 1. The Morgan fingerprint density at radius 2 is 1.89 bits per heavy atom. The van der Waals surface area contributed by atoms with Crippen LogP contribution in [0.25, 0.3) is 11.1 Å². The molecule has 0 atom stereocenters. The van der Waals surface area contributed by atoms with Crippen LogP contribution in [0.1, 0.15) is 15.9 Å². The minimum atomic E-state index is -3.36. The van der Waals surface area contributed by atoms with E-state index < -0.39 is 21.6 Å². The molecule has 0 saturated carbocycles. The fraction of sp³-hybridized carbons (Fsp3) is 0.100. The molecule has 3 aromatic rings. The molecule has 0 aliphatic rings. The average Bonchev–Trinajstić information content (AvgIpc) is 2.66. The van der Waals surface area contributed by atoms with Gasteiger partial charge < -0.3 is 5.32 Å². The second-order valence-electron chi connectivity index (χ2n) is 6.15. The molecule has 0 unspecified atom stereocenters. The number of benzene rings is 2. The van der Waals surface area contributed by atoms with E-state index in [0.29, 0.717) is 16.7 Å². The van der Waals surface area contributed by atoms with Gasteiger partial charge in [0.25, 0.3) is 5.91 Å². The molecule has 0 radical (unpaired) electrons. The second kappa shape index (κ2) is 8.08. The first kappa shape index (κ1) is 20.0. The second-order valence-corrected chi connectivity index (χ2v) is 8.57. The molecule has 0 spiro atoms. The first-order valence-corrected chi connectivity index (χ1v) is 10.5. The van der Waals surface area contributed by atoms with Crippen LogP contribution in [0.15, 0.2) is 65.8 Å². The van der Waals surface area contributed by atoms with Gasteiger partial charge in [-0.2, -0.15) is 0 Å². The lowest BCUT2D eigenvalue weighted by Gasteiger charge is -2.09.